The molecule has 0 fully saturated rings. The number of carbonyl (C=O) groups excluding carboxylic acids is 2. The zero-order valence-electron chi connectivity index (χ0n) is 20.3. The van der Waals surface area contributed by atoms with Crippen molar-refractivity contribution in [2.75, 3.05) is 32.2 Å². The molecule has 35 heavy (non-hydrogen) atoms. The Bertz CT molecular complexity index is 1190. The van der Waals surface area contributed by atoms with Crippen LogP contribution in [0.5, 0.6) is 0 Å². The molecule has 3 aromatic rings. The van der Waals surface area contributed by atoms with Crippen LogP contribution in [0.1, 0.15) is 50.5 Å². The van der Waals surface area contributed by atoms with Crippen molar-refractivity contribution in [2.24, 2.45) is 11.7 Å². The van der Waals surface area contributed by atoms with E-state index in [9.17, 15) is 9.59 Å². The number of nitrogens with two attached hydrogens (primary N) is 1. The molecule has 0 radical (unpaired) electrons. The minimum absolute atomic E-state index is 0.0742. The second kappa shape index (κ2) is 11.3. The average Bonchev–Trinajstić information content (AvgIpc) is 3.19. The molecule has 4 rings (SSSR count). The lowest BCUT2D eigenvalue weighted by molar-refractivity contribution is 0.0711. The summed E-state index contributed by atoms with van der Waals surface area (Å²) in [4.78, 5) is 25.0. The third-order valence-corrected chi connectivity index (χ3v) is 6.21. The Balaban J connectivity index is 1.55. The number of methoxy groups -OCH3 is 1. The number of ketones is 1. The van der Waals surface area contributed by atoms with E-state index in [1.54, 1.807) is 13.2 Å². The monoisotopic (exact) mass is 476 g/mol. The summed E-state index contributed by atoms with van der Waals surface area (Å²) in [5.74, 6) is -0.338. The van der Waals surface area contributed by atoms with E-state index in [0.717, 1.165) is 23.4 Å². The van der Waals surface area contributed by atoms with Gasteiger partial charge in [-0.3, -0.25) is 9.59 Å². The fourth-order valence-electron chi connectivity index (χ4n) is 4.55. The molecule has 1 amide bonds. The average molecular weight is 477 g/mol. The number of aromatic nitrogens is 2. The van der Waals surface area contributed by atoms with E-state index in [4.69, 9.17) is 20.3 Å². The van der Waals surface area contributed by atoms with Gasteiger partial charge in [0.15, 0.2) is 5.78 Å². The summed E-state index contributed by atoms with van der Waals surface area (Å²) >= 11 is 0. The Kier molecular flexibility index (Phi) is 7.94. The summed E-state index contributed by atoms with van der Waals surface area (Å²) in [6, 6.07) is 15.4. The number of aryl methyl sites for hydroxylation is 1. The van der Waals surface area contributed by atoms with Crippen LogP contribution in [-0.4, -0.2) is 48.3 Å². The predicted octanol–water partition coefficient (Wildman–Crippen LogP) is 3.69. The van der Waals surface area contributed by atoms with E-state index in [1.807, 2.05) is 54.1 Å². The molecule has 8 nitrogen and oxygen atoms in total. The van der Waals surface area contributed by atoms with Gasteiger partial charge < -0.3 is 20.5 Å². The minimum Gasteiger partial charge on any atom is -0.385 e. The van der Waals surface area contributed by atoms with Crippen molar-refractivity contribution < 1.29 is 19.1 Å². The third-order valence-electron chi connectivity index (χ3n) is 6.21. The van der Waals surface area contributed by atoms with Gasteiger partial charge in [-0.1, -0.05) is 30.3 Å². The van der Waals surface area contributed by atoms with Crippen LogP contribution >= 0.6 is 0 Å². The van der Waals surface area contributed by atoms with Crippen LogP contribution in [0.4, 0.5) is 5.69 Å². The van der Waals surface area contributed by atoms with Gasteiger partial charge in [-0.15, -0.1) is 0 Å². The van der Waals surface area contributed by atoms with Gasteiger partial charge in [0.05, 0.1) is 41.4 Å². The molecule has 0 bridgehead atoms. The van der Waals surface area contributed by atoms with Gasteiger partial charge in [0.25, 0.3) is 5.91 Å². The van der Waals surface area contributed by atoms with Crippen molar-refractivity contribution in [1.82, 2.24) is 9.78 Å². The van der Waals surface area contributed by atoms with Gasteiger partial charge in [0.2, 0.25) is 0 Å². The predicted molar refractivity (Wildman–Crippen MR) is 134 cm³/mol. The zero-order chi connectivity index (χ0) is 24.8. The second-order valence-electron chi connectivity index (χ2n) is 8.88. The number of anilines is 1. The first-order valence-corrected chi connectivity index (χ1v) is 11.9. The largest absolute Gasteiger partial charge is 0.385 e. The maximum absolute atomic E-state index is 13.0. The van der Waals surface area contributed by atoms with Crippen LogP contribution < -0.4 is 11.1 Å². The maximum Gasteiger partial charge on any atom is 0.250 e. The standard InChI is InChI=1S/C27H32N4O4/c1-18-26-24(13-20(14-25(26)32)17-35-16-19-7-4-3-5-8-19)31(30-18)21-9-10-22(27(28)33)23(15-21)29-11-6-12-34-2/h3-5,7-10,15,20,29H,6,11-14,16-17H2,1-2H3,(H2,28,33). The molecule has 8 heteroatoms. The summed E-state index contributed by atoms with van der Waals surface area (Å²) in [7, 11) is 1.65. The topological polar surface area (TPSA) is 108 Å². The first kappa shape index (κ1) is 24.6. The molecule has 1 atom stereocenters. The molecule has 1 unspecified atom stereocenters. The second-order valence-corrected chi connectivity index (χ2v) is 8.88. The highest BCUT2D eigenvalue weighted by molar-refractivity contribution is 6.00. The molecule has 184 valence electrons. The van der Waals surface area contributed by atoms with E-state index < -0.39 is 5.91 Å². The molecular formula is C27H32N4O4. The number of fused-ring (bicyclic) bond motifs is 1. The van der Waals surface area contributed by atoms with Crippen LogP contribution in [-0.2, 0) is 22.5 Å². The smallest absolute Gasteiger partial charge is 0.250 e. The van der Waals surface area contributed by atoms with Crippen molar-refractivity contribution in [3.8, 4) is 5.69 Å². The van der Waals surface area contributed by atoms with Gasteiger partial charge in [0.1, 0.15) is 0 Å². The van der Waals surface area contributed by atoms with Crippen molar-refractivity contribution in [3.05, 3.63) is 76.6 Å². The number of primary amides is 1. The van der Waals surface area contributed by atoms with E-state index in [-0.39, 0.29) is 11.7 Å². The number of hydrogen-bond acceptors (Lipinski definition) is 6. The summed E-state index contributed by atoms with van der Waals surface area (Å²) in [5.41, 5.74) is 10.8. The minimum atomic E-state index is -0.504. The van der Waals surface area contributed by atoms with Crippen LogP contribution in [0.15, 0.2) is 48.5 Å². The highest BCUT2D eigenvalue weighted by Gasteiger charge is 2.31. The van der Waals surface area contributed by atoms with Crippen LogP contribution in [0.25, 0.3) is 5.69 Å². The van der Waals surface area contributed by atoms with Gasteiger partial charge in [0, 0.05) is 32.4 Å². The summed E-state index contributed by atoms with van der Waals surface area (Å²) in [6.45, 7) is 4.12. The molecule has 0 aliphatic heterocycles. The SMILES string of the molecule is COCCCNc1cc(-n2nc(C)c3c2CC(COCc2ccccc2)CC3=O)ccc1C(N)=O. The third kappa shape index (κ3) is 5.78. The van der Waals surface area contributed by atoms with Crippen LogP contribution in [0, 0.1) is 12.8 Å². The molecule has 3 N–H and O–H groups in total. The first-order chi connectivity index (χ1) is 17.0. The van der Waals surface area contributed by atoms with Crippen LogP contribution in [0.3, 0.4) is 0 Å². The molecule has 2 aromatic carbocycles. The molecule has 1 aliphatic rings. The quantitative estimate of drug-likeness (QED) is 0.409. The van der Waals surface area contributed by atoms with Crippen molar-refractivity contribution in [1.29, 1.82) is 0 Å². The lowest BCUT2D eigenvalue weighted by Gasteiger charge is -2.23. The first-order valence-electron chi connectivity index (χ1n) is 11.9. The summed E-state index contributed by atoms with van der Waals surface area (Å²) in [5, 5.41) is 7.97. The van der Waals surface area contributed by atoms with Crippen LogP contribution in [0.2, 0.25) is 0 Å². The number of hydrogen-bond donors (Lipinski definition) is 2. The molecule has 0 saturated carbocycles. The molecule has 0 saturated heterocycles. The van der Waals surface area contributed by atoms with Gasteiger partial charge in [-0.2, -0.15) is 5.10 Å². The number of nitrogens with zero attached hydrogens (tertiary/aromatic N) is 2. The van der Waals surface area contributed by atoms with E-state index in [0.29, 0.717) is 61.7 Å². The normalized spacial score (nSPS) is 15.1. The van der Waals surface area contributed by atoms with Gasteiger partial charge in [-0.05, 0) is 49.4 Å². The fourth-order valence-corrected chi connectivity index (χ4v) is 4.55. The highest BCUT2D eigenvalue weighted by Crippen LogP contribution is 2.31. The Labute approximate surface area is 205 Å². The zero-order valence-corrected chi connectivity index (χ0v) is 20.3. The summed E-state index contributed by atoms with van der Waals surface area (Å²) < 4.78 is 12.9. The van der Waals surface area contributed by atoms with Gasteiger partial charge in [-0.25, -0.2) is 4.68 Å². The number of amides is 1. The lowest BCUT2D eigenvalue weighted by Crippen LogP contribution is -2.25. The molecule has 1 heterocycles. The molecule has 1 aliphatic carbocycles. The van der Waals surface area contributed by atoms with Gasteiger partial charge >= 0.3 is 0 Å². The lowest BCUT2D eigenvalue weighted by atomic mass is 9.86. The van der Waals surface area contributed by atoms with E-state index in [1.165, 1.54) is 0 Å². The Morgan fingerprint density at radius 1 is 1.20 bits per heavy atom. The highest BCUT2D eigenvalue weighted by atomic mass is 16.5. The van der Waals surface area contributed by atoms with Crippen molar-refractivity contribution in [2.45, 2.75) is 32.8 Å². The van der Waals surface area contributed by atoms with E-state index >= 15 is 0 Å². The molecule has 0 spiro atoms. The fraction of sp³-hybridized carbons (Fsp3) is 0.370. The number of rotatable bonds is 11. The van der Waals surface area contributed by atoms with E-state index in [2.05, 4.69) is 5.32 Å². The van der Waals surface area contributed by atoms with Crippen molar-refractivity contribution in [3.63, 3.8) is 0 Å². The van der Waals surface area contributed by atoms with Crippen molar-refractivity contribution >= 4 is 17.4 Å². The summed E-state index contributed by atoms with van der Waals surface area (Å²) in [6.07, 6.45) is 1.92. The number of nitrogens with one attached hydrogen (secondary N) is 1. The Morgan fingerprint density at radius 3 is 2.74 bits per heavy atom. The Hall–Kier alpha value is -3.49. The molecular weight excluding hydrogens is 444 g/mol. The number of benzene rings is 2. The maximum atomic E-state index is 13.0. The number of Topliss-reactive ketones (excluding diaryl/α,β-unsaturated/α-hetero) is 1. The Morgan fingerprint density at radius 2 is 2.00 bits per heavy atom. The number of ether oxygens (including phenoxy) is 2. The number of carbonyl (C=O) groups is 2. The molecule has 1 aromatic heterocycles.